The van der Waals surface area contributed by atoms with Crippen molar-refractivity contribution in [3.63, 3.8) is 0 Å². The van der Waals surface area contributed by atoms with Crippen LogP contribution < -0.4 is 0 Å². The minimum atomic E-state index is 0.587. The second kappa shape index (κ2) is 4.25. The molecule has 0 aromatic carbocycles. The highest BCUT2D eigenvalue weighted by molar-refractivity contribution is 6.21. The van der Waals surface area contributed by atoms with Crippen LogP contribution in [0.1, 0.15) is 0 Å². The number of hydrogen-bond donors (Lipinski definition) is 0. The zero-order valence-corrected chi connectivity index (χ0v) is 4.50. The van der Waals surface area contributed by atoms with E-state index in [4.69, 9.17) is 11.6 Å². The molecule has 0 nitrogen and oxygen atoms in total. The molecule has 0 saturated heterocycles. The standard InChI is InChI=1S/C3H4ClSi/c4-2-1-3-5/h1,3H,2H2/b3-1-. The van der Waals surface area contributed by atoms with Gasteiger partial charge in [0.2, 0.25) is 0 Å². The first-order valence-electron chi connectivity index (χ1n) is 1.30. The Balaban J connectivity index is 2.62. The Morgan fingerprint density at radius 2 is 2.40 bits per heavy atom. The summed E-state index contributed by atoms with van der Waals surface area (Å²) >= 11 is 5.18. The van der Waals surface area contributed by atoms with Gasteiger partial charge in [-0.3, -0.25) is 0 Å². The Bertz CT molecular complexity index is 33.9. The Hall–Kier alpha value is 0.247. The summed E-state index contributed by atoms with van der Waals surface area (Å²) in [6.07, 6.45) is 1.80. The third-order valence-electron chi connectivity index (χ3n) is 0.207. The summed E-state index contributed by atoms with van der Waals surface area (Å²) in [4.78, 5) is 0. The van der Waals surface area contributed by atoms with E-state index >= 15 is 0 Å². The van der Waals surface area contributed by atoms with Crippen molar-refractivity contribution in [2.75, 3.05) is 5.88 Å². The number of allylic oxidation sites excluding steroid dienone is 1. The lowest BCUT2D eigenvalue weighted by Gasteiger charge is -1.62. The summed E-state index contributed by atoms with van der Waals surface area (Å²) < 4.78 is 0. The monoisotopic (exact) mass is 103 g/mol. The van der Waals surface area contributed by atoms with Gasteiger partial charge in [-0.1, -0.05) is 6.08 Å². The molecule has 5 heavy (non-hydrogen) atoms. The van der Waals surface area contributed by atoms with E-state index in [1.165, 1.54) is 0 Å². The molecular formula is C3H4ClSi. The Morgan fingerprint density at radius 3 is 2.40 bits per heavy atom. The van der Waals surface area contributed by atoms with Crippen molar-refractivity contribution in [2.24, 2.45) is 0 Å². The molecule has 0 aliphatic heterocycles. The Labute approximate surface area is 40.3 Å². The molecule has 0 fully saturated rings. The Morgan fingerprint density at radius 1 is 1.80 bits per heavy atom. The lowest BCUT2D eigenvalue weighted by atomic mass is 10.8. The fraction of sp³-hybridized carbons (Fsp3) is 0.333. The average Bonchev–Trinajstić information content (AvgIpc) is 1.41. The number of halogens is 1. The predicted molar refractivity (Wildman–Crippen MR) is 25.6 cm³/mol. The first kappa shape index (κ1) is 5.25. The largest absolute Gasteiger partial charge is 0.122 e. The first-order chi connectivity index (χ1) is 2.41. The van der Waals surface area contributed by atoms with Crippen molar-refractivity contribution >= 4 is 21.8 Å². The minimum Gasteiger partial charge on any atom is -0.122 e. The van der Waals surface area contributed by atoms with Crippen LogP contribution in [0.25, 0.3) is 0 Å². The maximum Gasteiger partial charge on any atom is 0.0596 e. The van der Waals surface area contributed by atoms with Crippen molar-refractivity contribution in [1.29, 1.82) is 0 Å². The molecule has 0 bridgehead atoms. The number of rotatable bonds is 1. The highest BCUT2D eigenvalue weighted by atomic mass is 35.5. The van der Waals surface area contributed by atoms with E-state index in [2.05, 4.69) is 10.2 Å². The molecule has 0 rings (SSSR count). The normalized spacial score (nSPS) is 10.0. The van der Waals surface area contributed by atoms with Gasteiger partial charge in [-0.2, -0.15) is 0 Å². The van der Waals surface area contributed by atoms with E-state index in [1.807, 2.05) is 0 Å². The molecule has 0 unspecified atom stereocenters. The number of hydrogen-bond acceptors (Lipinski definition) is 0. The maximum absolute atomic E-state index is 5.18. The lowest BCUT2D eigenvalue weighted by Crippen LogP contribution is -1.55. The van der Waals surface area contributed by atoms with Crippen LogP contribution in [-0.2, 0) is 0 Å². The fourth-order valence-electron chi connectivity index (χ4n) is 0.0445. The zero-order valence-electron chi connectivity index (χ0n) is 2.74. The number of alkyl halides is 1. The minimum absolute atomic E-state index is 0.587. The molecule has 0 aliphatic carbocycles. The molecule has 0 N–H and O–H groups in total. The quantitative estimate of drug-likeness (QED) is 0.342. The molecule has 27 valence electrons. The van der Waals surface area contributed by atoms with Crippen molar-refractivity contribution in [3.8, 4) is 0 Å². The summed E-state index contributed by atoms with van der Waals surface area (Å²) in [7, 11) is 3.09. The van der Waals surface area contributed by atoms with Gasteiger partial charge >= 0.3 is 0 Å². The molecule has 3 radical (unpaired) electrons. The van der Waals surface area contributed by atoms with Crippen molar-refractivity contribution < 1.29 is 0 Å². The van der Waals surface area contributed by atoms with Crippen LogP contribution in [-0.4, -0.2) is 16.1 Å². The average molecular weight is 104 g/mol. The summed E-state index contributed by atoms with van der Waals surface area (Å²) in [5.74, 6) is 0.587. The third kappa shape index (κ3) is 4.25. The highest BCUT2D eigenvalue weighted by Crippen LogP contribution is 1.71. The predicted octanol–water partition coefficient (Wildman–Crippen LogP) is 0.907. The van der Waals surface area contributed by atoms with E-state index in [9.17, 15) is 0 Å². The maximum atomic E-state index is 5.18. The fourth-order valence-corrected chi connectivity index (χ4v) is 0.401. The van der Waals surface area contributed by atoms with Crippen LogP contribution >= 0.6 is 11.6 Å². The van der Waals surface area contributed by atoms with E-state index < -0.39 is 0 Å². The molecule has 0 amide bonds. The topological polar surface area (TPSA) is 0 Å². The van der Waals surface area contributed by atoms with Crippen LogP contribution in [0.3, 0.4) is 0 Å². The van der Waals surface area contributed by atoms with Crippen molar-refractivity contribution in [2.45, 2.75) is 0 Å². The van der Waals surface area contributed by atoms with Gasteiger partial charge in [0.05, 0.1) is 10.2 Å². The van der Waals surface area contributed by atoms with Gasteiger partial charge in [0.1, 0.15) is 0 Å². The van der Waals surface area contributed by atoms with E-state index in [0.29, 0.717) is 5.88 Å². The van der Waals surface area contributed by atoms with Gasteiger partial charge in [-0.15, -0.1) is 17.3 Å². The second-order valence-electron chi connectivity index (χ2n) is 0.557. The van der Waals surface area contributed by atoms with Crippen molar-refractivity contribution in [3.05, 3.63) is 11.8 Å². The molecule has 2 heteroatoms. The van der Waals surface area contributed by atoms with Crippen molar-refractivity contribution in [1.82, 2.24) is 0 Å². The van der Waals surface area contributed by atoms with Crippen LogP contribution in [0.15, 0.2) is 11.8 Å². The van der Waals surface area contributed by atoms with Gasteiger partial charge in [0.15, 0.2) is 0 Å². The molecular weight excluding hydrogens is 99.6 g/mol. The molecule has 0 heterocycles. The SMILES string of the molecule is [Si]/C=C\CCl. The van der Waals surface area contributed by atoms with E-state index in [0.717, 1.165) is 0 Å². The first-order valence-corrected chi connectivity index (χ1v) is 2.41. The third-order valence-corrected chi connectivity index (χ3v) is 0.621. The van der Waals surface area contributed by atoms with Gasteiger partial charge in [-0.25, -0.2) is 0 Å². The van der Waals surface area contributed by atoms with Crippen LogP contribution in [0.2, 0.25) is 0 Å². The zero-order chi connectivity index (χ0) is 4.12. The molecule has 0 aromatic rings. The Kier molecular flexibility index (Phi) is 4.46. The van der Waals surface area contributed by atoms with Crippen LogP contribution in [0.4, 0.5) is 0 Å². The van der Waals surface area contributed by atoms with E-state index in [1.54, 1.807) is 11.8 Å². The summed E-state index contributed by atoms with van der Waals surface area (Å²) in [5.41, 5.74) is 1.73. The molecule has 0 saturated carbocycles. The van der Waals surface area contributed by atoms with Gasteiger partial charge in [-0.05, 0) is 0 Å². The molecule has 0 spiro atoms. The second-order valence-corrected chi connectivity index (χ2v) is 1.20. The highest BCUT2D eigenvalue weighted by Gasteiger charge is 1.54. The van der Waals surface area contributed by atoms with Gasteiger partial charge < -0.3 is 0 Å². The summed E-state index contributed by atoms with van der Waals surface area (Å²) in [6.45, 7) is 0. The van der Waals surface area contributed by atoms with Gasteiger partial charge in [0.25, 0.3) is 0 Å². The van der Waals surface area contributed by atoms with Crippen LogP contribution in [0, 0.1) is 0 Å². The molecule has 0 aliphatic rings. The summed E-state index contributed by atoms with van der Waals surface area (Å²) in [6, 6.07) is 0. The van der Waals surface area contributed by atoms with Gasteiger partial charge in [0, 0.05) is 5.88 Å². The molecule has 0 atom stereocenters. The smallest absolute Gasteiger partial charge is 0.0596 e. The summed E-state index contributed by atoms with van der Waals surface area (Å²) in [5, 5.41) is 0. The van der Waals surface area contributed by atoms with E-state index in [-0.39, 0.29) is 0 Å². The lowest BCUT2D eigenvalue weighted by molar-refractivity contribution is 1.79. The molecule has 0 aromatic heterocycles. The van der Waals surface area contributed by atoms with Crippen LogP contribution in [0.5, 0.6) is 0 Å².